The van der Waals surface area contributed by atoms with Gasteiger partial charge in [0.15, 0.2) is 5.82 Å². The first-order valence-corrected chi connectivity index (χ1v) is 8.05. The largest absolute Gasteiger partial charge is 0.370 e. The van der Waals surface area contributed by atoms with Gasteiger partial charge >= 0.3 is 0 Å². The van der Waals surface area contributed by atoms with E-state index in [4.69, 9.17) is 5.73 Å². The summed E-state index contributed by atoms with van der Waals surface area (Å²) in [4.78, 5) is 9.19. The number of rotatable bonds is 8. The number of unbranched alkanes of at least 4 members (excludes halogenated alkanes) is 3. The van der Waals surface area contributed by atoms with Gasteiger partial charge in [0.05, 0.1) is 0 Å². The maximum absolute atomic E-state index is 5.50. The van der Waals surface area contributed by atoms with E-state index in [9.17, 15) is 0 Å². The van der Waals surface area contributed by atoms with Crippen molar-refractivity contribution in [3.05, 3.63) is 41.6 Å². The van der Waals surface area contributed by atoms with E-state index in [1.165, 1.54) is 18.4 Å². The summed E-state index contributed by atoms with van der Waals surface area (Å²) < 4.78 is 0. The summed E-state index contributed by atoms with van der Waals surface area (Å²) >= 11 is 0. The third kappa shape index (κ3) is 5.11. The molecule has 118 valence electrons. The predicted octanol–water partition coefficient (Wildman–Crippen LogP) is 3.69. The molecule has 2 aromatic rings. The highest BCUT2D eigenvalue weighted by Gasteiger charge is 2.05. The molecule has 0 aliphatic heterocycles. The van der Waals surface area contributed by atoms with Gasteiger partial charge in [-0.2, -0.15) is 0 Å². The minimum absolute atomic E-state index is 0.786. The molecule has 3 N–H and O–H groups in total. The molecule has 4 nitrogen and oxygen atoms in total. The molecule has 0 saturated heterocycles. The molecule has 0 aliphatic rings. The Balaban J connectivity index is 1.98. The average Bonchev–Trinajstić information content (AvgIpc) is 2.50. The first-order chi connectivity index (χ1) is 10.7. The number of aryl methyl sites for hydroxylation is 2. The van der Waals surface area contributed by atoms with Crippen LogP contribution in [0.4, 0.5) is 5.82 Å². The van der Waals surface area contributed by atoms with E-state index in [0.717, 1.165) is 48.8 Å². The van der Waals surface area contributed by atoms with Crippen LogP contribution in [-0.2, 0) is 0 Å². The Kier molecular flexibility index (Phi) is 6.34. The van der Waals surface area contributed by atoms with Crippen LogP contribution in [-0.4, -0.2) is 23.1 Å². The molecular formula is C18H26N4. The van der Waals surface area contributed by atoms with Crippen LogP contribution in [0.5, 0.6) is 0 Å². The second-order valence-electron chi connectivity index (χ2n) is 5.72. The molecule has 0 aliphatic carbocycles. The number of nitrogens with one attached hydrogen (secondary N) is 1. The Morgan fingerprint density at radius 2 is 1.82 bits per heavy atom. The highest BCUT2D eigenvalue weighted by atomic mass is 15.0. The Labute approximate surface area is 133 Å². The van der Waals surface area contributed by atoms with Gasteiger partial charge in [-0.3, -0.25) is 0 Å². The Hall–Kier alpha value is -1.94. The molecule has 0 saturated carbocycles. The zero-order valence-corrected chi connectivity index (χ0v) is 13.6. The summed E-state index contributed by atoms with van der Waals surface area (Å²) in [5.41, 5.74) is 8.77. The molecule has 0 radical (unpaired) electrons. The lowest BCUT2D eigenvalue weighted by Crippen LogP contribution is -2.06. The summed E-state index contributed by atoms with van der Waals surface area (Å²) in [6, 6.07) is 10.3. The molecule has 0 amide bonds. The maximum Gasteiger partial charge on any atom is 0.161 e. The van der Waals surface area contributed by atoms with Crippen molar-refractivity contribution in [2.75, 3.05) is 18.4 Å². The lowest BCUT2D eigenvalue weighted by atomic mass is 10.1. The minimum Gasteiger partial charge on any atom is -0.370 e. The van der Waals surface area contributed by atoms with Gasteiger partial charge in [0.2, 0.25) is 0 Å². The lowest BCUT2D eigenvalue weighted by molar-refractivity contribution is 0.661. The molecule has 0 spiro atoms. The third-order valence-corrected chi connectivity index (χ3v) is 3.57. The van der Waals surface area contributed by atoms with Crippen molar-refractivity contribution >= 4 is 5.82 Å². The number of nitrogens with two attached hydrogens (primary N) is 1. The summed E-state index contributed by atoms with van der Waals surface area (Å²) in [5, 5.41) is 3.40. The first-order valence-electron chi connectivity index (χ1n) is 8.05. The highest BCUT2D eigenvalue weighted by Crippen LogP contribution is 2.19. The zero-order chi connectivity index (χ0) is 15.8. The average molecular weight is 298 g/mol. The third-order valence-electron chi connectivity index (χ3n) is 3.57. The van der Waals surface area contributed by atoms with E-state index in [0.29, 0.717) is 0 Å². The van der Waals surface area contributed by atoms with Gasteiger partial charge in [0, 0.05) is 23.9 Å². The molecular weight excluding hydrogens is 272 g/mol. The van der Waals surface area contributed by atoms with Gasteiger partial charge in [0.1, 0.15) is 5.82 Å². The standard InChI is InChI=1S/C18H26N4/c1-14-8-7-9-16(12-14)18-21-15(2)13-17(22-18)20-11-6-4-3-5-10-19/h7-9,12-13H,3-6,10-11,19H2,1-2H3,(H,20,21,22). The quantitative estimate of drug-likeness (QED) is 0.730. The van der Waals surface area contributed by atoms with Crippen LogP contribution >= 0.6 is 0 Å². The maximum atomic E-state index is 5.50. The predicted molar refractivity (Wildman–Crippen MR) is 93.0 cm³/mol. The number of nitrogens with zero attached hydrogens (tertiary/aromatic N) is 2. The van der Waals surface area contributed by atoms with Gasteiger partial charge in [-0.25, -0.2) is 9.97 Å². The summed E-state index contributed by atoms with van der Waals surface area (Å²) in [5.74, 6) is 1.69. The number of benzene rings is 1. The van der Waals surface area contributed by atoms with Crippen LogP contribution in [0.15, 0.2) is 30.3 Å². The summed E-state index contributed by atoms with van der Waals surface area (Å²) in [6.45, 7) is 5.82. The van der Waals surface area contributed by atoms with Gasteiger partial charge in [0.25, 0.3) is 0 Å². The van der Waals surface area contributed by atoms with Gasteiger partial charge < -0.3 is 11.1 Å². The van der Waals surface area contributed by atoms with Gasteiger partial charge in [-0.05, 0) is 39.3 Å². The Morgan fingerprint density at radius 3 is 2.59 bits per heavy atom. The van der Waals surface area contributed by atoms with Crippen LogP contribution < -0.4 is 11.1 Å². The second kappa shape index (κ2) is 8.49. The summed E-state index contributed by atoms with van der Waals surface area (Å²) in [7, 11) is 0. The van der Waals surface area contributed by atoms with Crippen molar-refractivity contribution in [3.63, 3.8) is 0 Å². The van der Waals surface area contributed by atoms with E-state index in [-0.39, 0.29) is 0 Å². The number of aromatic nitrogens is 2. The van der Waals surface area contributed by atoms with Crippen LogP contribution in [0.25, 0.3) is 11.4 Å². The molecule has 0 unspecified atom stereocenters. The molecule has 4 heteroatoms. The number of hydrogen-bond donors (Lipinski definition) is 2. The fourth-order valence-electron chi connectivity index (χ4n) is 2.41. The SMILES string of the molecule is Cc1cccc(-c2nc(C)cc(NCCCCCCN)n2)c1. The Bertz CT molecular complexity index is 595. The van der Waals surface area contributed by atoms with E-state index in [2.05, 4.69) is 40.4 Å². The molecule has 0 fully saturated rings. The molecule has 0 bridgehead atoms. The highest BCUT2D eigenvalue weighted by molar-refractivity contribution is 5.58. The first kappa shape index (κ1) is 16.4. The van der Waals surface area contributed by atoms with Crippen molar-refractivity contribution in [2.45, 2.75) is 39.5 Å². The molecule has 2 rings (SSSR count). The lowest BCUT2D eigenvalue weighted by Gasteiger charge is -2.09. The van der Waals surface area contributed by atoms with Crippen LogP contribution in [0, 0.1) is 13.8 Å². The number of anilines is 1. The van der Waals surface area contributed by atoms with Gasteiger partial charge in [-0.15, -0.1) is 0 Å². The van der Waals surface area contributed by atoms with Crippen molar-refractivity contribution in [1.82, 2.24) is 9.97 Å². The monoisotopic (exact) mass is 298 g/mol. The minimum atomic E-state index is 0.786. The van der Waals surface area contributed by atoms with E-state index in [1.54, 1.807) is 0 Å². The van der Waals surface area contributed by atoms with Crippen LogP contribution in [0.2, 0.25) is 0 Å². The number of hydrogen-bond acceptors (Lipinski definition) is 4. The van der Waals surface area contributed by atoms with Crippen LogP contribution in [0.3, 0.4) is 0 Å². The van der Waals surface area contributed by atoms with E-state index >= 15 is 0 Å². The topological polar surface area (TPSA) is 63.8 Å². The Morgan fingerprint density at radius 1 is 1.00 bits per heavy atom. The van der Waals surface area contributed by atoms with Crippen molar-refractivity contribution < 1.29 is 0 Å². The van der Waals surface area contributed by atoms with Crippen molar-refractivity contribution in [2.24, 2.45) is 5.73 Å². The fraction of sp³-hybridized carbons (Fsp3) is 0.444. The van der Waals surface area contributed by atoms with E-state index < -0.39 is 0 Å². The van der Waals surface area contributed by atoms with Crippen molar-refractivity contribution in [1.29, 1.82) is 0 Å². The van der Waals surface area contributed by atoms with Crippen LogP contribution in [0.1, 0.15) is 36.9 Å². The molecule has 22 heavy (non-hydrogen) atoms. The summed E-state index contributed by atoms with van der Waals surface area (Å²) in [6.07, 6.45) is 4.67. The smallest absolute Gasteiger partial charge is 0.161 e. The zero-order valence-electron chi connectivity index (χ0n) is 13.6. The molecule has 0 atom stereocenters. The fourth-order valence-corrected chi connectivity index (χ4v) is 2.41. The second-order valence-corrected chi connectivity index (χ2v) is 5.72. The molecule has 1 aromatic heterocycles. The van der Waals surface area contributed by atoms with Gasteiger partial charge in [-0.1, -0.05) is 36.6 Å². The normalized spacial score (nSPS) is 10.7. The molecule has 1 aromatic carbocycles. The van der Waals surface area contributed by atoms with Crippen molar-refractivity contribution in [3.8, 4) is 11.4 Å². The van der Waals surface area contributed by atoms with E-state index in [1.807, 2.05) is 19.1 Å². The molecule has 1 heterocycles.